The van der Waals surface area contributed by atoms with Crippen LogP contribution in [0.15, 0.2) is 41.7 Å². The van der Waals surface area contributed by atoms with Crippen LogP contribution in [0, 0.1) is 11.6 Å². The SMILES string of the molecule is CC(C)n1nc(C(F)(F)F)cc1-c1c[nH]c2nccc(Oc3c(F)cc(CC4=NCC(F)(CO)CO4)cc3F)c12. The van der Waals surface area contributed by atoms with Crippen molar-refractivity contribution in [1.82, 2.24) is 19.7 Å². The topological polar surface area (TPSA) is 97.6 Å². The van der Waals surface area contributed by atoms with Crippen LogP contribution in [0.2, 0.25) is 0 Å². The van der Waals surface area contributed by atoms with Crippen LogP contribution < -0.4 is 4.74 Å². The van der Waals surface area contributed by atoms with Gasteiger partial charge in [0, 0.05) is 30.4 Å². The van der Waals surface area contributed by atoms with Gasteiger partial charge in [-0.1, -0.05) is 0 Å². The molecule has 40 heavy (non-hydrogen) atoms. The maximum absolute atomic E-state index is 15.1. The number of halogens is 6. The molecular formula is C26H23F6N5O3. The van der Waals surface area contributed by atoms with Gasteiger partial charge in [-0.25, -0.2) is 18.2 Å². The quantitative estimate of drug-likeness (QED) is 0.277. The van der Waals surface area contributed by atoms with Gasteiger partial charge in [0.1, 0.15) is 18.0 Å². The summed E-state index contributed by atoms with van der Waals surface area (Å²) < 4.78 is 96.6. The van der Waals surface area contributed by atoms with E-state index in [2.05, 4.69) is 20.1 Å². The number of aliphatic imine (C=N–C) groups is 1. The molecular weight excluding hydrogens is 544 g/mol. The van der Waals surface area contributed by atoms with Gasteiger partial charge in [0.25, 0.3) is 0 Å². The maximum Gasteiger partial charge on any atom is 0.435 e. The Bertz CT molecular complexity index is 1570. The predicted molar refractivity (Wildman–Crippen MR) is 132 cm³/mol. The van der Waals surface area contributed by atoms with Gasteiger partial charge in [-0.3, -0.25) is 9.67 Å². The van der Waals surface area contributed by atoms with Crippen LogP contribution in [-0.2, 0) is 17.3 Å². The Balaban J connectivity index is 1.49. The first-order valence-electron chi connectivity index (χ1n) is 12.1. The van der Waals surface area contributed by atoms with Crippen molar-refractivity contribution in [2.45, 2.75) is 38.2 Å². The molecule has 0 saturated heterocycles. The summed E-state index contributed by atoms with van der Waals surface area (Å²) in [6.45, 7) is 1.78. The van der Waals surface area contributed by atoms with E-state index in [0.29, 0.717) is 0 Å². The summed E-state index contributed by atoms with van der Waals surface area (Å²) >= 11 is 0. The Hall–Kier alpha value is -4.07. The van der Waals surface area contributed by atoms with Crippen molar-refractivity contribution in [3.8, 4) is 22.8 Å². The number of rotatable bonds is 7. The van der Waals surface area contributed by atoms with E-state index in [9.17, 15) is 17.6 Å². The molecule has 2 N–H and O–H groups in total. The van der Waals surface area contributed by atoms with Crippen LogP contribution in [-0.4, -0.2) is 56.2 Å². The zero-order valence-corrected chi connectivity index (χ0v) is 21.2. The number of nitrogens with one attached hydrogen (secondary N) is 1. The Morgan fingerprint density at radius 3 is 2.52 bits per heavy atom. The van der Waals surface area contributed by atoms with Crippen LogP contribution in [0.3, 0.4) is 0 Å². The van der Waals surface area contributed by atoms with Crippen molar-refractivity contribution in [3.63, 3.8) is 0 Å². The number of benzene rings is 1. The van der Waals surface area contributed by atoms with Gasteiger partial charge in [-0.05, 0) is 43.7 Å². The summed E-state index contributed by atoms with van der Waals surface area (Å²) in [5.74, 6) is -2.86. The average molecular weight is 567 g/mol. The largest absolute Gasteiger partial charge is 0.477 e. The zero-order valence-electron chi connectivity index (χ0n) is 21.2. The Morgan fingerprint density at radius 1 is 1.20 bits per heavy atom. The molecule has 14 heteroatoms. The standard InChI is InChI=1S/C26H23F6N5O3/c1-13(2)37-18(8-20(36-37)26(30,31)32)15-9-34-24-22(15)19(3-4-33-24)40-23-16(27)5-14(6-17(23)28)7-21-35-10-25(29,11-38)12-39-21/h3-6,8-9,13,38H,7,10-12H2,1-2H3,(H,33,34). The first-order valence-corrected chi connectivity index (χ1v) is 12.1. The fraction of sp³-hybridized carbons (Fsp3) is 0.346. The van der Waals surface area contributed by atoms with Gasteiger partial charge >= 0.3 is 6.18 Å². The molecule has 212 valence electrons. The molecule has 0 radical (unpaired) electrons. The van der Waals surface area contributed by atoms with E-state index in [1.807, 2.05) is 0 Å². The Labute approximate surface area is 223 Å². The number of hydrogen-bond donors (Lipinski definition) is 2. The monoisotopic (exact) mass is 567 g/mol. The van der Waals surface area contributed by atoms with E-state index in [-0.39, 0.29) is 52.5 Å². The number of aliphatic hydroxyl groups excluding tert-OH is 1. The second-order valence-corrected chi connectivity index (χ2v) is 9.66. The molecule has 1 unspecified atom stereocenters. The van der Waals surface area contributed by atoms with Gasteiger partial charge in [0.2, 0.25) is 0 Å². The van der Waals surface area contributed by atoms with Gasteiger partial charge in [0.15, 0.2) is 34.6 Å². The summed E-state index contributed by atoms with van der Waals surface area (Å²) in [4.78, 5) is 10.9. The maximum atomic E-state index is 15.1. The van der Waals surface area contributed by atoms with Gasteiger partial charge in [-0.2, -0.15) is 18.3 Å². The van der Waals surface area contributed by atoms with Crippen molar-refractivity contribution in [2.24, 2.45) is 4.99 Å². The highest BCUT2D eigenvalue weighted by Gasteiger charge is 2.36. The Kier molecular flexibility index (Phi) is 6.98. The molecule has 8 nitrogen and oxygen atoms in total. The minimum Gasteiger partial charge on any atom is -0.477 e. The third kappa shape index (κ3) is 5.22. The number of aliphatic hydroxyl groups is 1. The number of pyridine rings is 1. The molecule has 1 aliphatic rings. The number of ether oxygens (including phenoxy) is 2. The van der Waals surface area contributed by atoms with Crippen molar-refractivity contribution >= 4 is 16.9 Å². The highest BCUT2D eigenvalue weighted by molar-refractivity contribution is 5.97. The molecule has 0 fully saturated rings. The fourth-order valence-electron chi connectivity index (χ4n) is 4.27. The summed E-state index contributed by atoms with van der Waals surface area (Å²) in [7, 11) is 0. The van der Waals surface area contributed by atoms with Crippen LogP contribution in [0.1, 0.15) is 31.1 Å². The summed E-state index contributed by atoms with van der Waals surface area (Å²) in [5, 5.41) is 13.0. The number of aromatic nitrogens is 4. The van der Waals surface area contributed by atoms with Gasteiger partial charge in [-0.15, -0.1) is 0 Å². The van der Waals surface area contributed by atoms with Crippen LogP contribution in [0.25, 0.3) is 22.3 Å². The summed E-state index contributed by atoms with van der Waals surface area (Å²) in [5.41, 5.74) is -2.40. The lowest BCUT2D eigenvalue weighted by Crippen LogP contribution is -2.42. The number of H-pyrrole nitrogens is 1. The smallest absolute Gasteiger partial charge is 0.435 e. The fourth-order valence-corrected chi connectivity index (χ4v) is 4.27. The van der Waals surface area contributed by atoms with Crippen LogP contribution >= 0.6 is 0 Å². The number of alkyl halides is 4. The van der Waals surface area contributed by atoms with Crippen LogP contribution in [0.5, 0.6) is 11.5 Å². The second kappa shape index (κ2) is 10.2. The lowest BCUT2D eigenvalue weighted by molar-refractivity contribution is -0.141. The van der Waals surface area contributed by atoms with Crippen molar-refractivity contribution < 1.29 is 40.9 Å². The second-order valence-electron chi connectivity index (χ2n) is 9.66. The van der Waals surface area contributed by atoms with E-state index in [0.717, 1.165) is 18.2 Å². The average Bonchev–Trinajstić information content (AvgIpc) is 3.53. The first-order chi connectivity index (χ1) is 18.9. The normalized spacial score (nSPS) is 17.8. The van der Waals surface area contributed by atoms with E-state index in [1.165, 1.54) is 23.1 Å². The minimum atomic E-state index is -4.69. The molecule has 4 aromatic rings. The molecule has 0 amide bonds. The van der Waals surface area contributed by atoms with Gasteiger partial charge < -0.3 is 19.6 Å². The summed E-state index contributed by atoms with van der Waals surface area (Å²) in [6, 6.07) is 3.80. The highest BCUT2D eigenvalue weighted by atomic mass is 19.4. The summed E-state index contributed by atoms with van der Waals surface area (Å²) in [6.07, 6.45) is -2.07. The third-order valence-corrected chi connectivity index (χ3v) is 6.27. The number of fused-ring (bicyclic) bond motifs is 1. The molecule has 0 saturated carbocycles. The molecule has 0 bridgehead atoms. The van der Waals surface area contributed by atoms with Crippen molar-refractivity contribution in [3.05, 3.63) is 59.6 Å². The van der Waals surface area contributed by atoms with E-state index in [1.54, 1.807) is 13.8 Å². The lowest BCUT2D eigenvalue weighted by Gasteiger charge is -2.26. The zero-order chi connectivity index (χ0) is 28.8. The molecule has 4 heterocycles. The highest BCUT2D eigenvalue weighted by Crippen LogP contribution is 2.40. The van der Waals surface area contributed by atoms with Crippen molar-refractivity contribution in [2.75, 3.05) is 19.8 Å². The minimum absolute atomic E-state index is 0.0554. The molecule has 1 aromatic carbocycles. The number of aromatic amines is 1. The molecule has 3 aromatic heterocycles. The van der Waals surface area contributed by atoms with Gasteiger partial charge in [0.05, 0.1) is 24.2 Å². The molecule has 0 aliphatic carbocycles. The first kappa shape index (κ1) is 27.5. The number of nitrogens with zero attached hydrogens (tertiary/aromatic N) is 4. The Morgan fingerprint density at radius 2 is 1.93 bits per heavy atom. The molecule has 5 rings (SSSR count). The van der Waals surface area contributed by atoms with Crippen molar-refractivity contribution in [1.29, 1.82) is 0 Å². The lowest BCUT2D eigenvalue weighted by atomic mass is 10.1. The van der Waals surface area contributed by atoms with Crippen LogP contribution in [0.4, 0.5) is 26.3 Å². The van der Waals surface area contributed by atoms with E-state index < -0.39 is 54.2 Å². The number of hydrogen-bond acceptors (Lipinski definition) is 6. The van der Waals surface area contributed by atoms with E-state index >= 15 is 8.78 Å². The predicted octanol–water partition coefficient (Wildman–Crippen LogP) is 5.77. The molecule has 1 aliphatic heterocycles. The third-order valence-electron chi connectivity index (χ3n) is 6.27. The van der Waals surface area contributed by atoms with E-state index in [4.69, 9.17) is 14.6 Å². The molecule has 1 atom stereocenters. The molecule has 0 spiro atoms.